The van der Waals surface area contributed by atoms with E-state index >= 15 is 0 Å². The summed E-state index contributed by atoms with van der Waals surface area (Å²) < 4.78 is 5.32. The molecule has 0 aromatic heterocycles. The van der Waals surface area contributed by atoms with Crippen molar-refractivity contribution in [2.45, 2.75) is 33.2 Å². The molecule has 3 heteroatoms. The van der Waals surface area contributed by atoms with Crippen molar-refractivity contribution in [3.63, 3.8) is 0 Å². The van der Waals surface area contributed by atoms with Crippen molar-refractivity contribution < 1.29 is 4.74 Å². The second kappa shape index (κ2) is 7.03. The fourth-order valence-electron chi connectivity index (χ4n) is 2.04. The highest BCUT2D eigenvalue weighted by molar-refractivity contribution is 5.43. The van der Waals surface area contributed by atoms with Crippen LogP contribution in [0.2, 0.25) is 0 Å². The van der Waals surface area contributed by atoms with Gasteiger partial charge < -0.3 is 9.64 Å². The molecule has 0 radical (unpaired) electrons. The minimum Gasteiger partial charge on any atom is -0.496 e. The van der Waals surface area contributed by atoms with Crippen molar-refractivity contribution in [1.29, 1.82) is 5.26 Å². The maximum absolute atomic E-state index is 8.52. The Hall–Kier alpha value is -1.53. The maximum atomic E-state index is 8.52. The minimum absolute atomic E-state index is 0.630. The number of ether oxygens (including phenoxy) is 1. The van der Waals surface area contributed by atoms with Crippen LogP contribution in [-0.4, -0.2) is 25.6 Å². The average molecular weight is 246 g/mol. The van der Waals surface area contributed by atoms with E-state index in [1.807, 2.05) is 6.07 Å². The summed E-state index contributed by atoms with van der Waals surface area (Å²) in [6.07, 6.45) is 1.56. The van der Waals surface area contributed by atoms with Crippen molar-refractivity contribution in [2.75, 3.05) is 20.7 Å². The number of benzene rings is 1. The topological polar surface area (TPSA) is 36.3 Å². The van der Waals surface area contributed by atoms with Crippen molar-refractivity contribution in [1.82, 2.24) is 4.90 Å². The number of methoxy groups -OCH3 is 1. The maximum Gasteiger partial charge on any atom is 0.122 e. The van der Waals surface area contributed by atoms with Crippen LogP contribution in [0.15, 0.2) is 12.1 Å². The van der Waals surface area contributed by atoms with E-state index in [1.54, 1.807) is 7.11 Å². The molecule has 1 rings (SSSR count). The summed E-state index contributed by atoms with van der Waals surface area (Å²) in [7, 11) is 3.80. The van der Waals surface area contributed by atoms with Gasteiger partial charge in [0, 0.05) is 13.0 Å². The van der Waals surface area contributed by atoms with E-state index in [1.165, 1.54) is 16.7 Å². The fourth-order valence-corrected chi connectivity index (χ4v) is 2.04. The smallest absolute Gasteiger partial charge is 0.122 e. The van der Waals surface area contributed by atoms with Gasteiger partial charge in [-0.3, -0.25) is 0 Å². The molecule has 0 amide bonds. The van der Waals surface area contributed by atoms with E-state index in [4.69, 9.17) is 10.00 Å². The standard InChI is InChI=1S/C15H22N2O/c1-12-13(2)15(18-4)8-7-14(12)11-17(3)10-6-5-9-16/h7-8H,5-6,10-11H2,1-4H3. The minimum atomic E-state index is 0.630. The van der Waals surface area contributed by atoms with E-state index in [2.05, 4.69) is 37.9 Å². The van der Waals surface area contributed by atoms with Crippen molar-refractivity contribution in [2.24, 2.45) is 0 Å². The van der Waals surface area contributed by atoms with Gasteiger partial charge in [-0.1, -0.05) is 6.07 Å². The molecule has 0 fully saturated rings. The summed E-state index contributed by atoms with van der Waals surface area (Å²) in [4.78, 5) is 2.26. The molecule has 0 bridgehead atoms. The van der Waals surface area contributed by atoms with E-state index in [0.717, 1.165) is 25.3 Å². The molecule has 0 heterocycles. The molecule has 3 nitrogen and oxygen atoms in total. The lowest BCUT2D eigenvalue weighted by Crippen LogP contribution is -2.19. The Bertz CT molecular complexity index is 435. The van der Waals surface area contributed by atoms with Crippen LogP contribution in [0, 0.1) is 25.2 Å². The molecule has 0 saturated heterocycles. The molecule has 0 aliphatic heterocycles. The lowest BCUT2D eigenvalue weighted by Gasteiger charge is -2.19. The molecular weight excluding hydrogens is 224 g/mol. The fraction of sp³-hybridized carbons (Fsp3) is 0.533. The Labute approximate surface area is 110 Å². The predicted molar refractivity (Wildman–Crippen MR) is 73.6 cm³/mol. The van der Waals surface area contributed by atoms with Crippen molar-refractivity contribution >= 4 is 0 Å². The Balaban J connectivity index is 2.68. The van der Waals surface area contributed by atoms with Gasteiger partial charge in [0.25, 0.3) is 0 Å². The van der Waals surface area contributed by atoms with Crippen LogP contribution in [0.5, 0.6) is 5.75 Å². The summed E-state index contributed by atoms with van der Waals surface area (Å²) in [5.74, 6) is 0.948. The largest absolute Gasteiger partial charge is 0.496 e. The lowest BCUT2D eigenvalue weighted by atomic mass is 10.0. The number of nitrogens with zero attached hydrogens (tertiary/aromatic N) is 2. The molecule has 0 spiro atoms. The molecular formula is C15H22N2O. The highest BCUT2D eigenvalue weighted by Crippen LogP contribution is 2.24. The third kappa shape index (κ3) is 3.75. The Morgan fingerprint density at radius 1 is 1.28 bits per heavy atom. The zero-order chi connectivity index (χ0) is 13.5. The van der Waals surface area contributed by atoms with Crippen LogP contribution >= 0.6 is 0 Å². The van der Waals surface area contributed by atoms with Gasteiger partial charge in [0.1, 0.15) is 5.75 Å². The summed E-state index contributed by atoms with van der Waals surface area (Å²) in [5, 5.41) is 8.52. The van der Waals surface area contributed by atoms with Gasteiger partial charge in [-0.15, -0.1) is 0 Å². The SMILES string of the molecule is COc1ccc(CN(C)CCCC#N)c(C)c1C. The Morgan fingerprint density at radius 3 is 2.61 bits per heavy atom. The van der Waals surface area contributed by atoms with Crippen LogP contribution in [0.3, 0.4) is 0 Å². The Morgan fingerprint density at radius 2 is 2.00 bits per heavy atom. The molecule has 0 unspecified atom stereocenters. The normalized spacial score (nSPS) is 10.4. The van der Waals surface area contributed by atoms with Crippen LogP contribution < -0.4 is 4.74 Å². The van der Waals surface area contributed by atoms with E-state index in [9.17, 15) is 0 Å². The number of rotatable bonds is 6. The van der Waals surface area contributed by atoms with Gasteiger partial charge in [0.15, 0.2) is 0 Å². The zero-order valence-corrected chi connectivity index (χ0v) is 11.8. The molecule has 1 aromatic carbocycles. The summed E-state index contributed by atoms with van der Waals surface area (Å²) >= 11 is 0. The molecule has 0 N–H and O–H groups in total. The molecule has 1 aromatic rings. The summed E-state index contributed by atoms with van der Waals surface area (Å²) in [5.41, 5.74) is 3.83. The molecule has 0 atom stereocenters. The number of hydrogen-bond acceptors (Lipinski definition) is 3. The first-order valence-corrected chi connectivity index (χ1v) is 6.28. The molecule has 0 aliphatic rings. The third-order valence-corrected chi connectivity index (χ3v) is 3.34. The molecule has 0 saturated carbocycles. The highest BCUT2D eigenvalue weighted by atomic mass is 16.5. The van der Waals surface area contributed by atoms with Gasteiger partial charge in [-0.05, 0) is 56.6 Å². The average Bonchev–Trinajstić information content (AvgIpc) is 2.36. The van der Waals surface area contributed by atoms with Gasteiger partial charge >= 0.3 is 0 Å². The van der Waals surface area contributed by atoms with Crippen molar-refractivity contribution in [3.05, 3.63) is 28.8 Å². The van der Waals surface area contributed by atoms with Gasteiger partial charge in [0.2, 0.25) is 0 Å². The molecule has 0 aliphatic carbocycles. The van der Waals surface area contributed by atoms with Crippen LogP contribution in [-0.2, 0) is 6.54 Å². The zero-order valence-electron chi connectivity index (χ0n) is 11.8. The van der Waals surface area contributed by atoms with Gasteiger partial charge in [0.05, 0.1) is 13.2 Å². The van der Waals surface area contributed by atoms with Crippen LogP contribution in [0.25, 0.3) is 0 Å². The van der Waals surface area contributed by atoms with E-state index in [0.29, 0.717) is 6.42 Å². The second-order valence-corrected chi connectivity index (χ2v) is 4.68. The Kier molecular flexibility index (Phi) is 5.67. The lowest BCUT2D eigenvalue weighted by molar-refractivity contribution is 0.322. The third-order valence-electron chi connectivity index (χ3n) is 3.34. The van der Waals surface area contributed by atoms with E-state index < -0.39 is 0 Å². The summed E-state index contributed by atoms with van der Waals surface area (Å²) in [6.45, 7) is 6.10. The second-order valence-electron chi connectivity index (χ2n) is 4.68. The first-order valence-electron chi connectivity index (χ1n) is 6.28. The van der Waals surface area contributed by atoms with Crippen LogP contribution in [0.4, 0.5) is 0 Å². The van der Waals surface area contributed by atoms with Gasteiger partial charge in [-0.2, -0.15) is 5.26 Å². The quantitative estimate of drug-likeness (QED) is 0.724. The van der Waals surface area contributed by atoms with E-state index in [-0.39, 0.29) is 0 Å². The molecule has 98 valence electrons. The monoisotopic (exact) mass is 246 g/mol. The molecule has 18 heavy (non-hydrogen) atoms. The number of hydrogen-bond donors (Lipinski definition) is 0. The summed E-state index contributed by atoms with van der Waals surface area (Å²) in [6, 6.07) is 6.33. The first kappa shape index (κ1) is 14.5. The predicted octanol–water partition coefficient (Wildman–Crippen LogP) is 3.05. The number of unbranched alkanes of at least 4 members (excludes halogenated alkanes) is 1. The first-order chi connectivity index (χ1) is 8.60. The highest BCUT2D eigenvalue weighted by Gasteiger charge is 2.08. The van der Waals surface area contributed by atoms with Gasteiger partial charge in [-0.25, -0.2) is 0 Å². The van der Waals surface area contributed by atoms with Crippen molar-refractivity contribution in [3.8, 4) is 11.8 Å². The number of nitriles is 1. The van der Waals surface area contributed by atoms with Crippen LogP contribution in [0.1, 0.15) is 29.5 Å².